The fourth-order valence-electron chi connectivity index (χ4n) is 7.62. The van der Waals surface area contributed by atoms with Crippen molar-refractivity contribution in [2.75, 3.05) is 40.8 Å². The second-order valence-electron chi connectivity index (χ2n) is 15.7. The Morgan fingerprint density at radius 3 is 1.89 bits per heavy atom. The molecule has 3 saturated heterocycles. The van der Waals surface area contributed by atoms with Crippen LogP contribution in [0.5, 0.6) is 0 Å². The van der Waals surface area contributed by atoms with Gasteiger partial charge in [0.15, 0.2) is 0 Å². The predicted octanol–water partition coefficient (Wildman–Crippen LogP) is 1.07. The zero-order valence-corrected chi connectivity index (χ0v) is 33.0. The molecule has 3 aliphatic heterocycles. The number of imide groups is 1. The fourth-order valence-corrected chi connectivity index (χ4v) is 7.62. The second kappa shape index (κ2) is 19.3. The average molecular weight is 748 g/mol. The number of hydrogen-bond donors (Lipinski definition) is 2. The summed E-state index contributed by atoms with van der Waals surface area (Å²) in [6, 6.07) is -3.65. The minimum atomic E-state index is -0.880. The molecule has 3 rings (SSSR count). The predicted molar refractivity (Wildman–Crippen MR) is 194 cm³/mol. The normalized spacial score (nSPS) is 20.7. The van der Waals surface area contributed by atoms with Crippen molar-refractivity contribution in [3.8, 4) is 0 Å². The Kier molecular flexibility index (Phi) is 15.8. The fraction of sp³-hybridized carbons (Fsp3) is 0.784. The molecule has 0 saturated carbocycles. The number of likely N-dealkylation sites (N-methyl/N-ethyl adjacent to an activating group) is 2. The number of carbonyl (C=O) groups excluding carboxylic acids is 8. The molecule has 0 aromatic heterocycles. The van der Waals surface area contributed by atoms with Gasteiger partial charge in [0.25, 0.3) is 11.8 Å². The van der Waals surface area contributed by atoms with E-state index in [1.165, 1.54) is 4.90 Å². The van der Waals surface area contributed by atoms with Gasteiger partial charge in [0.05, 0.1) is 6.04 Å². The van der Waals surface area contributed by atoms with Crippen LogP contribution in [-0.4, -0.2) is 143 Å². The summed E-state index contributed by atoms with van der Waals surface area (Å²) in [6.45, 7) is 12.3. The summed E-state index contributed by atoms with van der Waals surface area (Å²) in [5.41, 5.74) is 0. The highest BCUT2D eigenvalue weighted by Gasteiger charge is 2.46. The average Bonchev–Trinajstić information content (AvgIpc) is 3.84. The molecule has 3 aliphatic rings. The van der Waals surface area contributed by atoms with Gasteiger partial charge in [-0.1, -0.05) is 41.5 Å². The SMILES string of the molecule is CC(C)C(NC(=O)C(C(C)C)N(C)C)C(=O)N(C)C(C(=O)N1CCCC1C(=O)N1CCCC1C(=O)NCCCCC(=O)ON1C(=O)CCC1=O)C(C)C. The zero-order chi connectivity index (χ0) is 39.7. The van der Waals surface area contributed by atoms with E-state index in [1.54, 1.807) is 16.8 Å². The van der Waals surface area contributed by atoms with E-state index in [9.17, 15) is 38.4 Å². The molecule has 16 heteroatoms. The lowest BCUT2D eigenvalue weighted by atomic mass is 9.96. The summed E-state index contributed by atoms with van der Waals surface area (Å²) >= 11 is 0. The van der Waals surface area contributed by atoms with Crippen molar-refractivity contribution in [1.29, 1.82) is 0 Å². The molecule has 0 spiro atoms. The van der Waals surface area contributed by atoms with E-state index in [0.29, 0.717) is 56.7 Å². The van der Waals surface area contributed by atoms with E-state index in [-0.39, 0.29) is 73.1 Å². The van der Waals surface area contributed by atoms with Crippen molar-refractivity contribution in [3.05, 3.63) is 0 Å². The summed E-state index contributed by atoms with van der Waals surface area (Å²) in [5, 5.41) is 6.30. The minimum Gasteiger partial charge on any atom is -0.354 e. The van der Waals surface area contributed by atoms with Crippen LogP contribution in [0.2, 0.25) is 0 Å². The smallest absolute Gasteiger partial charge is 0.333 e. The summed E-state index contributed by atoms with van der Waals surface area (Å²) < 4.78 is 0. The van der Waals surface area contributed by atoms with Crippen molar-refractivity contribution in [2.45, 2.75) is 130 Å². The lowest BCUT2D eigenvalue weighted by Gasteiger charge is -2.38. The standard InChI is InChI=1S/C37H61N7O9/c1-22(2)30(39-34(49)31(23(3)4)40(7)8)36(51)41(9)32(24(5)6)37(52)43-21-13-15-26(43)35(50)42-20-12-14-25(42)33(48)38-19-11-10-16-29(47)53-44-27(45)17-18-28(44)46/h22-26,30-32H,10-21H2,1-9H3,(H,38,48)(H,39,49). The molecule has 3 heterocycles. The molecule has 0 aromatic rings. The van der Waals surface area contributed by atoms with E-state index in [0.717, 1.165) is 0 Å². The number of nitrogens with one attached hydrogen (secondary N) is 2. The van der Waals surface area contributed by atoms with E-state index >= 15 is 0 Å². The van der Waals surface area contributed by atoms with Gasteiger partial charge in [-0.2, -0.15) is 0 Å². The van der Waals surface area contributed by atoms with Gasteiger partial charge in [0.2, 0.25) is 29.5 Å². The zero-order valence-electron chi connectivity index (χ0n) is 33.0. The summed E-state index contributed by atoms with van der Waals surface area (Å²) in [4.78, 5) is 115. The number of likely N-dealkylation sites (tertiary alicyclic amines) is 2. The third kappa shape index (κ3) is 10.8. The van der Waals surface area contributed by atoms with Gasteiger partial charge in [-0.05, 0) is 70.4 Å². The van der Waals surface area contributed by atoms with Crippen LogP contribution in [-0.2, 0) is 43.2 Å². The molecule has 3 fully saturated rings. The van der Waals surface area contributed by atoms with Gasteiger partial charge in [-0.3, -0.25) is 38.5 Å². The second-order valence-corrected chi connectivity index (χ2v) is 15.7. The van der Waals surface area contributed by atoms with E-state index in [2.05, 4.69) is 10.6 Å². The summed E-state index contributed by atoms with van der Waals surface area (Å²) in [5.74, 6) is -3.93. The van der Waals surface area contributed by atoms with Crippen molar-refractivity contribution in [3.63, 3.8) is 0 Å². The largest absolute Gasteiger partial charge is 0.354 e. The molecule has 7 amide bonds. The van der Waals surface area contributed by atoms with Crippen LogP contribution >= 0.6 is 0 Å². The van der Waals surface area contributed by atoms with E-state index in [4.69, 9.17) is 4.84 Å². The molecule has 0 bridgehead atoms. The lowest BCUT2D eigenvalue weighted by Crippen LogP contribution is -2.61. The lowest BCUT2D eigenvalue weighted by molar-refractivity contribution is -0.197. The number of hydroxylamine groups is 2. The van der Waals surface area contributed by atoms with Crippen LogP contribution in [0, 0.1) is 17.8 Å². The summed E-state index contributed by atoms with van der Waals surface area (Å²) in [7, 11) is 5.21. The molecule has 5 unspecified atom stereocenters. The Morgan fingerprint density at radius 2 is 1.34 bits per heavy atom. The molecule has 5 atom stereocenters. The van der Waals surface area contributed by atoms with Crippen LogP contribution in [0.15, 0.2) is 0 Å². The van der Waals surface area contributed by atoms with Crippen LogP contribution in [0.1, 0.15) is 99.3 Å². The number of amides is 7. The Labute approximate surface area is 313 Å². The van der Waals surface area contributed by atoms with Gasteiger partial charge in [0, 0.05) is 45.9 Å². The first-order chi connectivity index (χ1) is 24.9. The van der Waals surface area contributed by atoms with Gasteiger partial charge in [0.1, 0.15) is 24.2 Å². The molecular formula is C37H61N7O9. The monoisotopic (exact) mass is 747 g/mol. The van der Waals surface area contributed by atoms with Crippen molar-refractivity contribution in [1.82, 2.24) is 35.3 Å². The quantitative estimate of drug-likeness (QED) is 0.161. The highest BCUT2D eigenvalue weighted by molar-refractivity contribution is 6.01. The summed E-state index contributed by atoms with van der Waals surface area (Å²) in [6.07, 6.45) is 2.93. The van der Waals surface area contributed by atoms with E-state index < -0.39 is 48.0 Å². The molecule has 0 aliphatic carbocycles. The number of carbonyl (C=O) groups is 8. The van der Waals surface area contributed by atoms with Gasteiger partial charge in [-0.25, -0.2) is 4.79 Å². The molecule has 0 radical (unpaired) electrons. The van der Waals surface area contributed by atoms with E-state index in [1.807, 2.05) is 60.5 Å². The number of rotatable bonds is 17. The molecule has 53 heavy (non-hydrogen) atoms. The highest BCUT2D eigenvalue weighted by atomic mass is 16.7. The highest BCUT2D eigenvalue weighted by Crippen LogP contribution is 2.28. The Balaban J connectivity index is 1.61. The maximum Gasteiger partial charge on any atom is 0.333 e. The Bertz CT molecular complexity index is 1360. The maximum absolute atomic E-state index is 14.3. The third-order valence-electron chi connectivity index (χ3n) is 10.3. The Hall–Kier alpha value is -4.08. The van der Waals surface area contributed by atoms with Gasteiger partial charge >= 0.3 is 5.97 Å². The molecule has 16 nitrogen and oxygen atoms in total. The van der Waals surface area contributed by atoms with Crippen LogP contribution < -0.4 is 10.6 Å². The molecule has 2 N–H and O–H groups in total. The van der Waals surface area contributed by atoms with Crippen molar-refractivity contribution in [2.24, 2.45) is 17.8 Å². The Morgan fingerprint density at radius 1 is 0.774 bits per heavy atom. The molecule has 0 aromatic carbocycles. The van der Waals surface area contributed by atoms with Gasteiger partial charge in [-0.15, -0.1) is 5.06 Å². The third-order valence-corrected chi connectivity index (χ3v) is 10.3. The maximum atomic E-state index is 14.3. The topological polar surface area (TPSA) is 186 Å². The van der Waals surface area contributed by atoms with Crippen LogP contribution in [0.4, 0.5) is 0 Å². The van der Waals surface area contributed by atoms with Crippen molar-refractivity contribution >= 4 is 47.3 Å². The first-order valence-electron chi connectivity index (χ1n) is 19.1. The number of unbranched alkanes of at least 4 members (excludes halogenated alkanes) is 1. The minimum absolute atomic E-state index is 0.00757. The number of nitrogens with zero attached hydrogens (tertiary/aromatic N) is 5. The first-order valence-corrected chi connectivity index (χ1v) is 19.1. The molecular weight excluding hydrogens is 686 g/mol. The van der Waals surface area contributed by atoms with Crippen LogP contribution in [0.3, 0.4) is 0 Å². The first kappa shape index (κ1) is 43.3. The van der Waals surface area contributed by atoms with Crippen molar-refractivity contribution < 1.29 is 43.2 Å². The molecule has 298 valence electrons. The number of hydrogen-bond acceptors (Lipinski definition) is 10. The van der Waals surface area contributed by atoms with Crippen LogP contribution in [0.25, 0.3) is 0 Å². The van der Waals surface area contributed by atoms with Gasteiger partial charge < -0.3 is 30.2 Å².